The van der Waals surface area contributed by atoms with Crippen LogP contribution in [-0.4, -0.2) is 28.3 Å². The maximum absolute atomic E-state index is 12.0. The van der Waals surface area contributed by atoms with Gasteiger partial charge in [0.1, 0.15) is 5.69 Å². The number of aromatic amines is 1. The van der Waals surface area contributed by atoms with Crippen LogP contribution in [0.3, 0.4) is 0 Å². The van der Waals surface area contributed by atoms with Gasteiger partial charge < -0.3 is 10.3 Å². The lowest BCUT2D eigenvalue weighted by Crippen LogP contribution is -2.22. The fraction of sp³-hybridized carbons (Fsp3) is 0.750. The Labute approximate surface area is 120 Å². The van der Waals surface area contributed by atoms with Crippen LogP contribution in [0.5, 0.6) is 0 Å². The highest BCUT2D eigenvalue weighted by Crippen LogP contribution is 2.33. The van der Waals surface area contributed by atoms with Gasteiger partial charge in [0.15, 0.2) is 5.78 Å². The van der Waals surface area contributed by atoms with E-state index in [1.54, 1.807) is 12.5 Å². The molecule has 0 radical (unpaired) electrons. The molecular formula is C16H25N3O. The summed E-state index contributed by atoms with van der Waals surface area (Å²) in [5.74, 6) is 1.35. The van der Waals surface area contributed by atoms with Crippen molar-refractivity contribution in [1.82, 2.24) is 15.3 Å². The van der Waals surface area contributed by atoms with Crippen LogP contribution in [0.4, 0.5) is 0 Å². The van der Waals surface area contributed by atoms with E-state index in [4.69, 9.17) is 0 Å². The predicted molar refractivity (Wildman–Crippen MR) is 78.6 cm³/mol. The lowest BCUT2D eigenvalue weighted by Gasteiger charge is -2.21. The highest BCUT2D eigenvalue weighted by atomic mass is 16.1. The number of ketones is 1. The molecular weight excluding hydrogens is 250 g/mol. The molecule has 1 heterocycles. The van der Waals surface area contributed by atoms with E-state index in [2.05, 4.69) is 15.3 Å². The van der Waals surface area contributed by atoms with E-state index in [1.165, 1.54) is 44.9 Å². The molecule has 0 bridgehead atoms. The molecule has 4 nitrogen and oxygen atoms in total. The van der Waals surface area contributed by atoms with Crippen molar-refractivity contribution in [3.8, 4) is 0 Å². The number of nitrogens with one attached hydrogen (secondary N) is 2. The SMILES string of the molecule is O=C(c1cnc[nH]1)[C@@H]1C[C@@H]1NCCCC1CCCCC1. The number of nitrogens with zero attached hydrogens (tertiary/aromatic N) is 1. The van der Waals surface area contributed by atoms with Gasteiger partial charge in [-0.15, -0.1) is 0 Å². The van der Waals surface area contributed by atoms with Crippen LogP contribution in [0.15, 0.2) is 12.5 Å². The van der Waals surface area contributed by atoms with Crippen LogP contribution in [0, 0.1) is 11.8 Å². The van der Waals surface area contributed by atoms with Gasteiger partial charge in [0.2, 0.25) is 0 Å². The van der Waals surface area contributed by atoms with Gasteiger partial charge in [-0.1, -0.05) is 32.1 Å². The standard InChI is InChI=1S/C16H25N3O/c20-16(15-10-17-11-19-15)13-9-14(13)18-8-4-7-12-5-2-1-3-6-12/h10-14,18H,1-9H2,(H,17,19)/t13-,14+/m1/s1. The van der Waals surface area contributed by atoms with E-state index in [0.717, 1.165) is 18.9 Å². The molecule has 0 unspecified atom stereocenters. The molecule has 2 aliphatic carbocycles. The van der Waals surface area contributed by atoms with Gasteiger partial charge >= 0.3 is 0 Å². The monoisotopic (exact) mass is 275 g/mol. The van der Waals surface area contributed by atoms with Crippen molar-refractivity contribution in [2.75, 3.05) is 6.54 Å². The molecule has 1 aromatic rings. The number of carbonyl (C=O) groups excluding carboxylic acids is 1. The number of H-pyrrole nitrogens is 1. The van der Waals surface area contributed by atoms with Crippen LogP contribution >= 0.6 is 0 Å². The summed E-state index contributed by atoms with van der Waals surface area (Å²) in [4.78, 5) is 18.9. The first-order valence-electron chi connectivity index (χ1n) is 8.10. The van der Waals surface area contributed by atoms with Crippen molar-refractivity contribution in [2.24, 2.45) is 11.8 Å². The Morgan fingerprint density at radius 1 is 1.35 bits per heavy atom. The second-order valence-electron chi connectivity index (χ2n) is 6.38. The lowest BCUT2D eigenvalue weighted by molar-refractivity contribution is 0.0959. The Hall–Kier alpha value is -1.16. The molecule has 0 saturated heterocycles. The van der Waals surface area contributed by atoms with Crippen LogP contribution in [0.25, 0.3) is 0 Å². The summed E-state index contributed by atoms with van der Waals surface area (Å²) in [5.41, 5.74) is 0.654. The largest absolute Gasteiger partial charge is 0.342 e. The molecule has 20 heavy (non-hydrogen) atoms. The Balaban J connectivity index is 1.30. The fourth-order valence-electron chi connectivity index (χ4n) is 3.45. The Morgan fingerprint density at radius 3 is 2.95 bits per heavy atom. The van der Waals surface area contributed by atoms with Gasteiger partial charge in [0.25, 0.3) is 0 Å². The second-order valence-corrected chi connectivity index (χ2v) is 6.38. The predicted octanol–water partition coefficient (Wildman–Crippen LogP) is 2.93. The summed E-state index contributed by atoms with van der Waals surface area (Å²) in [5, 5.41) is 3.53. The van der Waals surface area contributed by atoms with Gasteiger partial charge in [-0.05, 0) is 31.7 Å². The van der Waals surface area contributed by atoms with Crippen molar-refractivity contribution in [2.45, 2.75) is 57.4 Å². The summed E-state index contributed by atoms with van der Waals surface area (Å²) in [6.07, 6.45) is 14.0. The molecule has 2 saturated carbocycles. The number of aromatic nitrogens is 2. The minimum absolute atomic E-state index is 0.171. The maximum Gasteiger partial charge on any atom is 0.185 e. The molecule has 2 aliphatic rings. The van der Waals surface area contributed by atoms with Crippen molar-refractivity contribution in [3.63, 3.8) is 0 Å². The molecule has 3 rings (SSSR count). The summed E-state index contributed by atoms with van der Waals surface area (Å²) >= 11 is 0. The van der Waals surface area contributed by atoms with Crippen LogP contribution < -0.4 is 5.32 Å². The number of carbonyl (C=O) groups is 1. The van der Waals surface area contributed by atoms with Crippen molar-refractivity contribution in [1.29, 1.82) is 0 Å². The first-order chi connectivity index (χ1) is 9.84. The first-order valence-corrected chi connectivity index (χ1v) is 8.10. The van der Waals surface area contributed by atoms with E-state index in [9.17, 15) is 4.79 Å². The van der Waals surface area contributed by atoms with E-state index >= 15 is 0 Å². The molecule has 0 aromatic carbocycles. The molecule has 0 aliphatic heterocycles. The third-order valence-electron chi connectivity index (χ3n) is 4.81. The molecule has 2 N–H and O–H groups in total. The van der Waals surface area contributed by atoms with Gasteiger partial charge in [0.05, 0.1) is 12.5 Å². The summed E-state index contributed by atoms with van der Waals surface area (Å²) < 4.78 is 0. The summed E-state index contributed by atoms with van der Waals surface area (Å²) in [7, 11) is 0. The van der Waals surface area contributed by atoms with Gasteiger partial charge in [-0.25, -0.2) is 4.98 Å². The Morgan fingerprint density at radius 2 is 2.20 bits per heavy atom. The molecule has 0 amide bonds. The van der Waals surface area contributed by atoms with Crippen molar-refractivity contribution in [3.05, 3.63) is 18.2 Å². The number of Topliss-reactive ketones (excluding diaryl/α,β-unsaturated/α-hetero) is 1. The third kappa shape index (κ3) is 3.48. The lowest BCUT2D eigenvalue weighted by atomic mass is 9.86. The normalized spacial score (nSPS) is 26.6. The molecule has 1 aromatic heterocycles. The quantitative estimate of drug-likeness (QED) is 0.594. The average molecular weight is 275 g/mol. The van der Waals surface area contributed by atoms with Crippen molar-refractivity contribution >= 4 is 5.78 Å². The topological polar surface area (TPSA) is 57.8 Å². The minimum atomic E-state index is 0.171. The Kier molecular flexibility index (Phi) is 4.51. The zero-order valence-corrected chi connectivity index (χ0v) is 12.1. The Bertz CT molecular complexity index is 423. The van der Waals surface area contributed by atoms with E-state index in [0.29, 0.717) is 11.7 Å². The van der Waals surface area contributed by atoms with Crippen LogP contribution in [0.2, 0.25) is 0 Å². The fourth-order valence-corrected chi connectivity index (χ4v) is 3.45. The molecule has 4 heteroatoms. The van der Waals surface area contributed by atoms with E-state index < -0.39 is 0 Å². The van der Waals surface area contributed by atoms with E-state index in [1.807, 2.05) is 0 Å². The minimum Gasteiger partial charge on any atom is -0.342 e. The van der Waals surface area contributed by atoms with Crippen molar-refractivity contribution < 1.29 is 4.79 Å². The number of hydrogen-bond donors (Lipinski definition) is 2. The van der Waals surface area contributed by atoms with Crippen LogP contribution in [0.1, 0.15) is 61.9 Å². The molecule has 0 spiro atoms. The van der Waals surface area contributed by atoms with Gasteiger partial charge in [-0.3, -0.25) is 4.79 Å². The summed E-state index contributed by atoms with van der Waals surface area (Å²) in [6, 6.07) is 0.400. The maximum atomic E-state index is 12.0. The van der Waals surface area contributed by atoms with E-state index in [-0.39, 0.29) is 11.7 Å². The molecule has 110 valence electrons. The molecule has 2 atom stereocenters. The second kappa shape index (κ2) is 6.53. The van der Waals surface area contributed by atoms with Gasteiger partial charge in [-0.2, -0.15) is 0 Å². The van der Waals surface area contributed by atoms with Crippen LogP contribution in [-0.2, 0) is 0 Å². The highest BCUT2D eigenvalue weighted by molar-refractivity contribution is 5.98. The molecule has 2 fully saturated rings. The smallest absolute Gasteiger partial charge is 0.185 e. The first kappa shape index (κ1) is 13.8. The average Bonchev–Trinajstić information content (AvgIpc) is 3.04. The van der Waals surface area contributed by atoms with Gasteiger partial charge in [0, 0.05) is 12.0 Å². The number of rotatable bonds is 7. The summed E-state index contributed by atoms with van der Waals surface area (Å²) in [6.45, 7) is 1.06. The highest BCUT2D eigenvalue weighted by Gasteiger charge is 2.43. The zero-order valence-electron chi connectivity index (χ0n) is 12.1. The number of imidazole rings is 1. The number of hydrogen-bond acceptors (Lipinski definition) is 3. The third-order valence-corrected chi connectivity index (χ3v) is 4.81. The zero-order chi connectivity index (χ0) is 13.8.